The van der Waals surface area contributed by atoms with Crippen molar-refractivity contribution in [1.82, 2.24) is 19.5 Å². The largest absolute Gasteiger partial charge is 0.308 e. The zero-order chi connectivity index (χ0) is 34.6. The number of benzene rings is 7. The van der Waals surface area contributed by atoms with E-state index in [1.165, 1.54) is 20.2 Å². The van der Waals surface area contributed by atoms with Crippen LogP contribution in [-0.2, 0) is 0 Å². The third-order valence-corrected chi connectivity index (χ3v) is 10.8. The Labute approximate surface area is 303 Å². The highest BCUT2D eigenvalue weighted by molar-refractivity contribution is 7.25. The molecule has 0 saturated heterocycles. The van der Waals surface area contributed by atoms with Gasteiger partial charge in [-0.3, -0.25) is 0 Å². The van der Waals surface area contributed by atoms with Crippen molar-refractivity contribution in [2.45, 2.75) is 0 Å². The number of nitriles is 1. The van der Waals surface area contributed by atoms with Crippen LogP contribution >= 0.6 is 11.3 Å². The molecule has 10 aromatic rings. The molecule has 0 spiro atoms. The van der Waals surface area contributed by atoms with E-state index in [0.717, 1.165) is 55.3 Å². The molecule has 0 unspecified atom stereocenters. The summed E-state index contributed by atoms with van der Waals surface area (Å²) in [7, 11) is 0. The Morgan fingerprint density at radius 1 is 0.442 bits per heavy atom. The SMILES string of the molecule is N#Cc1ccc2c(c1)c1ccccc1n2-c1ccc(-c2ccc3sc4ccccc4c3c2)cc1-c1nc(-c2ccccc2)nc(-c2ccccc2)n1. The minimum atomic E-state index is 0.575. The van der Waals surface area contributed by atoms with E-state index in [1.807, 2.05) is 96.3 Å². The first-order chi connectivity index (χ1) is 25.7. The van der Waals surface area contributed by atoms with Gasteiger partial charge in [-0.25, -0.2) is 15.0 Å². The molecule has 0 aliphatic heterocycles. The number of aromatic nitrogens is 4. The predicted molar refractivity (Wildman–Crippen MR) is 214 cm³/mol. The van der Waals surface area contributed by atoms with Gasteiger partial charge in [0.15, 0.2) is 17.5 Å². The summed E-state index contributed by atoms with van der Waals surface area (Å²) in [6.07, 6.45) is 0. The van der Waals surface area contributed by atoms with Gasteiger partial charge in [0.1, 0.15) is 0 Å². The monoisotopic (exact) mass is 681 g/mol. The van der Waals surface area contributed by atoms with Crippen molar-refractivity contribution in [1.29, 1.82) is 5.26 Å². The van der Waals surface area contributed by atoms with Crippen LogP contribution in [0.5, 0.6) is 0 Å². The number of hydrogen-bond donors (Lipinski definition) is 0. The Bertz CT molecular complexity index is 2970. The van der Waals surface area contributed by atoms with E-state index in [-0.39, 0.29) is 0 Å². The molecule has 242 valence electrons. The second-order valence-corrected chi connectivity index (χ2v) is 13.9. The lowest BCUT2D eigenvalue weighted by Gasteiger charge is -2.16. The number of hydrogen-bond acceptors (Lipinski definition) is 5. The molecule has 5 nitrogen and oxygen atoms in total. The fraction of sp³-hybridized carbons (Fsp3) is 0. The molecule has 0 aliphatic rings. The molecule has 3 heterocycles. The molecule has 0 fully saturated rings. The molecular formula is C46H27N5S. The smallest absolute Gasteiger partial charge is 0.166 e. The average Bonchev–Trinajstić information content (AvgIpc) is 3.76. The van der Waals surface area contributed by atoms with Crippen molar-refractivity contribution in [3.63, 3.8) is 0 Å². The van der Waals surface area contributed by atoms with Gasteiger partial charge in [0.25, 0.3) is 0 Å². The van der Waals surface area contributed by atoms with E-state index in [4.69, 9.17) is 15.0 Å². The van der Waals surface area contributed by atoms with E-state index in [2.05, 4.69) is 89.5 Å². The molecule has 0 bridgehead atoms. The number of nitrogens with zero attached hydrogens (tertiary/aromatic N) is 5. The molecule has 0 atom stereocenters. The summed E-state index contributed by atoms with van der Waals surface area (Å²) in [5.41, 5.74) is 8.47. The normalized spacial score (nSPS) is 11.4. The zero-order valence-electron chi connectivity index (χ0n) is 27.7. The van der Waals surface area contributed by atoms with Crippen LogP contribution in [0.3, 0.4) is 0 Å². The minimum absolute atomic E-state index is 0.575. The first-order valence-electron chi connectivity index (χ1n) is 17.1. The van der Waals surface area contributed by atoms with Gasteiger partial charge in [0, 0.05) is 47.6 Å². The van der Waals surface area contributed by atoms with E-state index in [0.29, 0.717) is 23.0 Å². The van der Waals surface area contributed by atoms with Crippen molar-refractivity contribution >= 4 is 53.3 Å². The van der Waals surface area contributed by atoms with Crippen molar-refractivity contribution in [2.24, 2.45) is 0 Å². The Morgan fingerprint density at radius 2 is 1.04 bits per heavy atom. The Kier molecular flexibility index (Phi) is 6.98. The maximum Gasteiger partial charge on any atom is 0.166 e. The van der Waals surface area contributed by atoms with E-state index in [1.54, 1.807) is 0 Å². The first-order valence-corrected chi connectivity index (χ1v) is 17.9. The van der Waals surface area contributed by atoms with Gasteiger partial charge in [0.05, 0.1) is 28.4 Å². The summed E-state index contributed by atoms with van der Waals surface area (Å²) in [5.74, 6) is 1.78. The number of para-hydroxylation sites is 1. The molecule has 52 heavy (non-hydrogen) atoms. The lowest BCUT2D eigenvalue weighted by molar-refractivity contribution is 1.06. The summed E-state index contributed by atoms with van der Waals surface area (Å²) in [5, 5.41) is 14.4. The van der Waals surface area contributed by atoms with Gasteiger partial charge < -0.3 is 4.57 Å². The summed E-state index contributed by atoms with van der Waals surface area (Å²) in [6.45, 7) is 0. The molecule has 0 aliphatic carbocycles. The van der Waals surface area contributed by atoms with Crippen LogP contribution in [0.1, 0.15) is 5.56 Å². The van der Waals surface area contributed by atoms with Gasteiger partial charge in [-0.2, -0.15) is 5.26 Å². The molecule has 10 rings (SSSR count). The molecule has 0 radical (unpaired) electrons. The van der Waals surface area contributed by atoms with Gasteiger partial charge >= 0.3 is 0 Å². The van der Waals surface area contributed by atoms with E-state index < -0.39 is 0 Å². The summed E-state index contributed by atoms with van der Waals surface area (Å²) in [6, 6.07) is 58.6. The van der Waals surface area contributed by atoms with Crippen LogP contribution in [0, 0.1) is 11.3 Å². The zero-order valence-corrected chi connectivity index (χ0v) is 28.5. The van der Waals surface area contributed by atoms with Crippen molar-refractivity contribution in [3.05, 3.63) is 169 Å². The van der Waals surface area contributed by atoms with E-state index in [9.17, 15) is 5.26 Å². The molecule has 3 aromatic heterocycles. The lowest BCUT2D eigenvalue weighted by atomic mass is 9.99. The maximum absolute atomic E-state index is 9.80. The van der Waals surface area contributed by atoms with Crippen molar-refractivity contribution < 1.29 is 0 Å². The number of rotatable bonds is 5. The van der Waals surface area contributed by atoms with Gasteiger partial charge in [-0.15, -0.1) is 11.3 Å². The number of fused-ring (bicyclic) bond motifs is 6. The van der Waals surface area contributed by atoms with Crippen LogP contribution in [0.4, 0.5) is 0 Å². The third-order valence-electron chi connectivity index (χ3n) is 9.69. The number of thiophene rings is 1. The quantitative estimate of drug-likeness (QED) is 0.181. The minimum Gasteiger partial charge on any atom is -0.308 e. The van der Waals surface area contributed by atoms with Crippen LogP contribution in [-0.4, -0.2) is 19.5 Å². The standard InChI is InChI=1S/C46H27N5S/c47-28-29-19-22-40-36(25-29)34-15-7-9-17-39(34)51(40)41-23-20-32(33-21-24-43-37(26-33)35-16-8-10-18-42(35)52-43)27-38(41)46-49-44(30-11-3-1-4-12-30)48-45(50-46)31-13-5-2-6-14-31/h1-27H. The average molecular weight is 682 g/mol. The fourth-order valence-corrected chi connectivity index (χ4v) is 8.31. The summed E-state index contributed by atoms with van der Waals surface area (Å²) >= 11 is 1.82. The third kappa shape index (κ3) is 4.95. The van der Waals surface area contributed by atoms with Crippen molar-refractivity contribution in [3.8, 4) is 57.0 Å². The molecule has 0 amide bonds. The molecule has 0 saturated carbocycles. The van der Waals surface area contributed by atoms with Crippen LogP contribution in [0.25, 0.3) is 93.0 Å². The Morgan fingerprint density at radius 3 is 1.79 bits per heavy atom. The predicted octanol–water partition coefficient (Wildman–Crippen LogP) is 11.9. The van der Waals surface area contributed by atoms with Gasteiger partial charge in [-0.05, 0) is 65.7 Å². The Balaban J connectivity index is 1.28. The van der Waals surface area contributed by atoms with E-state index >= 15 is 0 Å². The fourth-order valence-electron chi connectivity index (χ4n) is 7.23. The molecule has 6 heteroatoms. The lowest BCUT2D eigenvalue weighted by Crippen LogP contribution is -2.04. The molecule has 0 N–H and O–H groups in total. The van der Waals surface area contributed by atoms with Crippen LogP contribution < -0.4 is 0 Å². The highest BCUT2D eigenvalue weighted by Crippen LogP contribution is 2.40. The van der Waals surface area contributed by atoms with Crippen LogP contribution in [0.15, 0.2) is 164 Å². The Hall–Kier alpha value is -6.94. The first kappa shape index (κ1) is 29.9. The highest BCUT2D eigenvalue weighted by Gasteiger charge is 2.21. The topological polar surface area (TPSA) is 67.4 Å². The maximum atomic E-state index is 9.80. The highest BCUT2D eigenvalue weighted by atomic mass is 32.1. The summed E-state index contributed by atoms with van der Waals surface area (Å²) in [4.78, 5) is 15.4. The second kappa shape index (κ2) is 12.1. The van der Waals surface area contributed by atoms with Gasteiger partial charge in [0.2, 0.25) is 0 Å². The van der Waals surface area contributed by atoms with Gasteiger partial charge in [-0.1, -0.05) is 109 Å². The van der Waals surface area contributed by atoms with Crippen molar-refractivity contribution in [2.75, 3.05) is 0 Å². The molecule has 7 aromatic carbocycles. The molecular weight excluding hydrogens is 655 g/mol. The van der Waals surface area contributed by atoms with Crippen LogP contribution in [0.2, 0.25) is 0 Å². The second-order valence-electron chi connectivity index (χ2n) is 12.8. The summed E-state index contributed by atoms with van der Waals surface area (Å²) < 4.78 is 4.82.